The van der Waals surface area contributed by atoms with E-state index >= 15 is 0 Å². The van der Waals surface area contributed by atoms with Gasteiger partial charge in [-0.2, -0.15) is 0 Å². The second kappa shape index (κ2) is 6.76. The minimum atomic E-state index is -3.77. The number of hydrogen-bond donors (Lipinski definition) is 1. The van der Waals surface area contributed by atoms with Crippen LogP contribution in [0.15, 0.2) is 41.3 Å². The van der Waals surface area contributed by atoms with Gasteiger partial charge in [-0.3, -0.25) is 14.4 Å². The van der Waals surface area contributed by atoms with Gasteiger partial charge in [-0.05, 0) is 73.8 Å². The fourth-order valence-corrected chi connectivity index (χ4v) is 9.92. The lowest BCUT2D eigenvalue weighted by Crippen LogP contribution is -2.48. The third-order valence-corrected chi connectivity index (χ3v) is 11.0. The third-order valence-electron chi connectivity index (χ3n) is 8.13. The molecule has 8 rings (SSSR count). The molecule has 1 aromatic heterocycles. The molecule has 4 fully saturated rings. The molecular weight excluding hydrogens is 456 g/mol. The summed E-state index contributed by atoms with van der Waals surface area (Å²) in [6.45, 7) is -0.289. The van der Waals surface area contributed by atoms with Gasteiger partial charge in [0.2, 0.25) is 11.0 Å². The van der Waals surface area contributed by atoms with Gasteiger partial charge >= 0.3 is 0 Å². The highest BCUT2D eigenvalue weighted by atomic mass is 32.2. The molecule has 3 aromatic rings. The summed E-state index contributed by atoms with van der Waals surface area (Å²) in [6, 6.07) is 10.7. The monoisotopic (exact) mass is 480 g/mol. The normalized spacial score (nSPS) is 30.8. The Morgan fingerprint density at radius 2 is 1.70 bits per heavy atom. The van der Waals surface area contributed by atoms with Gasteiger partial charge in [0, 0.05) is 10.8 Å². The molecular formula is C24H24N4O3S2. The summed E-state index contributed by atoms with van der Waals surface area (Å²) in [5, 5.41) is 14.6. The number of rotatable bonds is 4. The number of carbonyl (C=O) groups excluding carboxylic acids is 1. The lowest BCUT2D eigenvalue weighted by molar-refractivity contribution is -0.114. The van der Waals surface area contributed by atoms with Gasteiger partial charge in [-0.1, -0.05) is 35.6 Å². The molecule has 0 unspecified atom stereocenters. The number of nitrogens with zero attached hydrogens (tertiary/aromatic N) is 3. The number of carbonyl (C=O) groups is 1. The van der Waals surface area contributed by atoms with E-state index in [1.54, 1.807) is 18.2 Å². The van der Waals surface area contributed by atoms with E-state index < -0.39 is 15.9 Å². The minimum absolute atomic E-state index is 0.130. The molecule has 1 N–H and O–H groups in total. The van der Waals surface area contributed by atoms with Gasteiger partial charge < -0.3 is 0 Å². The molecule has 4 bridgehead atoms. The molecule has 1 amide bonds. The van der Waals surface area contributed by atoms with Crippen LogP contribution in [0.25, 0.3) is 10.8 Å². The van der Waals surface area contributed by atoms with E-state index in [1.165, 1.54) is 54.2 Å². The van der Waals surface area contributed by atoms with Crippen LogP contribution in [0.3, 0.4) is 0 Å². The van der Waals surface area contributed by atoms with Crippen LogP contribution in [0.4, 0.5) is 10.8 Å². The van der Waals surface area contributed by atoms with Crippen molar-refractivity contribution in [1.29, 1.82) is 0 Å². The summed E-state index contributed by atoms with van der Waals surface area (Å²) in [6.07, 6.45) is 7.66. The molecule has 7 nitrogen and oxygen atoms in total. The van der Waals surface area contributed by atoms with Crippen LogP contribution in [-0.4, -0.2) is 31.1 Å². The topological polar surface area (TPSA) is 92.3 Å². The van der Waals surface area contributed by atoms with Gasteiger partial charge in [-0.25, -0.2) is 8.42 Å². The number of anilines is 2. The molecule has 2 heterocycles. The zero-order chi connectivity index (χ0) is 22.4. The maximum absolute atomic E-state index is 13.1. The van der Waals surface area contributed by atoms with Gasteiger partial charge in [0.1, 0.15) is 11.6 Å². The number of aromatic nitrogens is 2. The van der Waals surface area contributed by atoms with E-state index in [0.717, 1.165) is 28.1 Å². The van der Waals surface area contributed by atoms with Gasteiger partial charge in [-0.15, -0.1) is 10.2 Å². The first-order chi connectivity index (χ1) is 15.9. The van der Waals surface area contributed by atoms with E-state index in [0.29, 0.717) is 16.2 Å². The molecule has 9 heteroatoms. The van der Waals surface area contributed by atoms with E-state index in [2.05, 4.69) is 15.5 Å². The first-order valence-corrected chi connectivity index (χ1v) is 13.9. The van der Waals surface area contributed by atoms with E-state index in [9.17, 15) is 13.2 Å². The predicted octanol–water partition coefficient (Wildman–Crippen LogP) is 4.31. The standard InChI is InChI=1S/C24H24N4O3S2/c29-20(13-28-18-5-1-3-17-4-2-6-19(21(17)18)33(28,30)31)25-23-27-26-22(32-23)24-10-14-7-15(11-24)9-16(8-14)12-24/h1-6,14-16H,7-13H2,(H,25,27,29). The number of amides is 1. The Bertz CT molecular complexity index is 1370. The highest BCUT2D eigenvalue weighted by Gasteiger charge is 2.53. The van der Waals surface area contributed by atoms with Crippen molar-refractivity contribution in [2.24, 2.45) is 17.8 Å². The van der Waals surface area contributed by atoms with Crippen LogP contribution in [0, 0.1) is 17.8 Å². The van der Waals surface area contributed by atoms with E-state index in [1.807, 2.05) is 18.2 Å². The minimum Gasteiger partial charge on any atom is -0.299 e. The Morgan fingerprint density at radius 3 is 2.39 bits per heavy atom. The fourth-order valence-electron chi connectivity index (χ4n) is 7.28. The number of sulfonamides is 1. The summed E-state index contributed by atoms with van der Waals surface area (Å²) in [5.74, 6) is 2.02. The Hall–Kier alpha value is -2.52. The molecule has 5 aliphatic rings. The Morgan fingerprint density at radius 1 is 1.03 bits per heavy atom. The fraction of sp³-hybridized carbons (Fsp3) is 0.458. The van der Waals surface area contributed by atoms with Crippen molar-refractivity contribution in [2.45, 2.75) is 48.8 Å². The Balaban J connectivity index is 1.12. The average Bonchev–Trinajstić information content (AvgIpc) is 3.32. The lowest BCUT2D eigenvalue weighted by atomic mass is 9.50. The molecule has 0 saturated heterocycles. The van der Waals surface area contributed by atoms with Crippen molar-refractivity contribution in [1.82, 2.24) is 10.2 Å². The van der Waals surface area contributed by atoms with Crippen molar-refractivity contribution < 1.29 is 13.2 Å². The lowest BCUT2D eigenvalue weighted by Gasteiger charge is -2.55. The Labute approximate surface area is 196 Å². The second-order valence-electron chi connectivity index (χ2n) is 10.3. The maximum Gasteiger partial charge on any atom is 0.265 e. The van der Waals surface area contributed by atoms with Crippen LogP contribution in [-0.2, 0) is 20.2 Å². The Kier molecular flexibility index (Phi) is 4.08. The largest absolute Gasteiger partial charge is 0.299 e. The highest BCUT2D eigenvalue weighted by molar-refractivity contribution is 7.93. The zero-order valence-electron chi connectivity index (χ0n) is 18.0. The van der Waals surface area contributed by atoms with Crippen LogP contribution in [0.5, 0.6) is 0 Å². The number of hydrogen-bond acceptors (Lipinski definition) is 6. The van der Waals surface area contributed by atoms with Crippen LogP contribution in [0.2, 0.25) is 0 Å². The van der Waals surface area contributed by atoms with Crippen molar-refractivity contribution in [2.75, 3.05) is 16.2 Å². The molecule has 0 atom stereocenters. The van der Waals surface area contributed by atoms with Crippen LogP contribution >= 0.6 is 11.3 Å². The SMILES string of the molecule is O=C(CN1c2cccc3cccc(c23)S1(=O)=O)Nc1nnc(C23CC4CC(CC(C4)C2)C3)s1. The van der Waals surface area contributed by atoms with Gasteiger partial charge in [0.05, 0.1) is 10.6 Å². The summed E-state index contributed by atoms with van der Waals surface area (Å²) >= 11 is 1.47. The molecule has 170 valence electrons. The summed E-state index contributed by atoms with van der Waals surface area (Å²) in [4.78, 5) is 13.2. The zero-order valence-corrected chi connectivity index (χ0v) is 19.7. The van der Waals surface area contributed by atoms with Crippen molar-refractivity contribution in [3.63, 3.8) is 0 Å². The van der Waals surface area contributed by atoms with Crippen LogP contribution in [0.1, 0.15) is 43.5 Å². The highest BCUT2D eigenvalue weighted by Crippen LogP contribution is 2.61. The van der Waals surface area contributed by atoms with E-state index in [-0.39, 0.29) is 16.9 Å². The van der Waals surface area contributed by atoms with Crippen molar-refractivity contribution in [3.05, 3.63) is 41.4 Å². The number of benzene rings is 2. The molecule has 33 heavy (non-hydrogen) atoms. The molecule has 2 aromatic carbocycles. The van der Waals surface area contributed by atoms with E-state index in [4.69, 9.17) is 0 Å². The molecule has 4 aliphatic carbocycles. The molecule has 4 saturated carbocycles. The first-order valence-electron chi connectivity index (χ1n) is 11.6. The predicted molar refractivity (Wildman–Crippen MR) is 127 cm³/mol. The van der Waals surface area contributed by atoms with Crippen molar-refractivity contribution >= 4 is 48.9 Å². The summed E-state index contributed by atoms with van der Waals surface area (Å²) in [5.41, 5.74) is 0.676. The summed E-state index contributed by atoms with van der Waals surface area (Å²) < 4.78 is 27.5. The van der Waals surface area contributed by atoms with Crippen molar-refractivity contribution in [3.8, 4) is 0 Å². The maximum atomic E-state index is 13.1. The molecule has 0 spiro atoms. The third kappa shape index (κ3) is 2.91. The number of nitrogens with one attached hydrogen (secondary N) is 1. The van der Waals surface area contributed by atoms with Crippen LogP contribution < -0.4 is 9.62 Å². The van der Waals surface area contributed by atoms with Gasteiger partial charge in [0.25, 0.3) is 10.0 Å². The average molecular weight is 481 g/mol. The van der Waals surface area contributed by atoms with Gasteiger partial charge in [0.15, 0.2) is 0 Å². The summed E-state index contributed by atoms with van der Waals surface area (Å²) in [7, 11) is -3.77. The molecule has 0 radical (unpaired) electrons. The second-order valence-corrected chi connectivity index (χ2v) is 13.1. The first kappa shape index (κ1) is 19.9. The quantitative estimate of drug-likeness (QED) is 0.601. The molecule has 1 aliphatic heterocycles. The smallest absolute Gasteiger partial charge is 0.265 e.